The first kappa shape index (κ1) is 21.3. The number of hydrogen-bond donors (Lipinski definition) is 0. The fraction of sp³-hybridized carbons (Fsp3) is 0.300. The molecular formula is C20H18Cl2F2N2O3. The summed E-state index contributed by atoms with van der Waals surface area (Å²) in [5.41, 5.74) is 0.234. The van der Waals surface area contributed by atoms with E-state index >= 15 is 0 Å². The molecule has 2 aromatic rings. The van der Waals surface area contributed by atoms with Gasteiger partial charge in [-0.05, 0) is 36.4 Å². The Hall–Kier alpha value is -2.38. The van der Waals surface area contributed by atoms with Crippen LogP contribution in [-0.2, 0) is 4.79 Å². The molecule has 5 nitrogen and oxygen atoms in total. The number of benzene rings is 2. The van der Waals surface area contributed by atoms with E-state index in [9.17, 15) is 18.4 Å². The standard InChI is InChI=1S/C20H18Cl2F2N2O3/c21-16-11-13(23)1-3-15(16)20(28)26-8-6-25(7-9-26)19(27)5-10-29-18-4-2-14(24)12-17(18)22/h1-4,11-12H,5-10H2. The summed E-state index contributed by atoms with van der Waals surface area (Å²) in [4.78, 5) is 28.1. The number of carbonyl (C=O) groups is 2. The molecule has 1 aliphatic heterocycles. The molecule has 0 unspecified atom stereocenters. The predicted octanol–water partition coefficient (Wildman–Crippen LogP) is 4.03. The van der Waals surface area contributed by atoms with Crippen LogP contribution in [0.25, 0.3) is 0 Å². The lowest BCUT2D eigenvalue weighted by Gasteiger charge is -2.35. The Bertz CT molecular complexity index is 919. The van der Waals surface area contributed by atoms with Gasteiger partial charge in [0.25, 0.3) is 5.91 Å². The van der Waals surface area contributed by atoms with Gasteiger partial charge in [-0.1, -0.05) is 23.2 Å². The SMILES string of the molecule is O=C(CCOc1ccc(F)cc1Cl)N1CCN(C(=O)c2ccc(F)cc2Cl)CC1. The topological polar surface area (TPSA) is 49.9 Å². The van der Waals surface area contributed by atoms with Gasteiger partial charge in [0.2, 0.25) is 5.91 Å². The van der Waals surface area contributed by atoms with Gasteiger partial charge in [-0.25, -0.2) is 8.78 Å². The van der Waals surface area contributed by atoms with Gasteiger partial charge in [0, 0.05) is 26.2 Å². The van der Waals surface area contributed by atoms with Crippen LogP contribution in [0.5, 0.6) is 5.75 Å². The Morgan fingerprint density at radius 3 is 2.10 bits per heavy atom. The average Bonchev–Trinajstić information content (AvgIpc) is 2.69. The molecule has 0 aromatic heterocycles. The summed E-state index contributed by atoms with van der Waals surface area (Å²) in [6.07, 6.45) is 0.130. The second-order valence-electron chi connectivity index (χ2n) is 6.47. The molecule has 1 aliphatic rings. The van der Waals surface area contributed by atoms with Crippen LogP contribution >= 0.6 is 23.2 Å². The predicted molar refractivity (Wildman–Crippen MR) is 105 cm³/mol. The van der Waals surface area contributed by atoms with Crippen molar-refractivity contribution >= 4 is 35.0 Å². The minimum atomic E-state index is -0.508. The smallest absolute Gasteiger partial charge is 0.255 e. The van der Waals surface area contributed by atoms with Crippen LogP contribution in [0.3, 0.4) is 0 Å². The number of ether oxygens (including phenoxy) is 1. The van der Waals surface area contributed by atoms with E-state index in [4.69, 9.17) is 27.9 Å². The van der Waals surface area contributed by atoms with Crippen molar-refractivity contribution in [2.75, 3.05) is 32.8 Å². The average molecular weight is 443 g/mol. The van der Waals surface area contributed by atoms with Crippen molar-refractivity contribution in [3.05, 3.63) is 63.6 Å². The Kier molecular flexibility index (Phi) is 6.92. The largest absolute Gasteiger partial charge is 0.491 e. The van der Waals surface area contributed by atoms with Crippen LogP contribution < -0.4 is 4.74 Å². The van der Waals surface area contributed by atoms with Gasteiger partial charge in [-0.2, -0.15) is 0 Å². The maximum atomic E-state index is 13.2. The lowest BCUT2D eigenvalue weighted by Crippen LogP contribution is -2.50. The van der Waals surface area contributed by atoms with Crippen LogP contribution in [0.15, 0.2) is 36.4 Å². The Balaban J connectivity index is 1.47. The van der Waals surface area contributed by atoms with Gasteiger partial charge in [0.05, 0.1) is 28.6 Å². The van der Waals surface area contributed by atoms with E-state index in [0.717, 1.165) is 12.1 Å². The van der Waals surface area contributed by atoms with Crippen molar-refractivity contribution in [2.24, 2.45) is 0 Å². The molecule has 0 saturated carbocycles. The van der Waals surface area contributed by atoms with Crippen molar-refractivity contribution in [2.45, 2.75) is 6.42 Å². The van der Waals surface area contributed by atoms with Gasteiger partial charge in [-0.15, -0.1) is 0 Å². The molecule has 2 aromatic carbocycles. The summed E-state index contributed by atoms with van der Waals surface area (Å²) in [6.45, 7) is 1.56. The monoisotopic (exact) mass is 442 g/mol. The highest BCUT2D eigenvalue weighted by atomic mass is 35.5. The lowest BCUT2D eigenvalue weighted by atomic mass is 10.1. The Morgan fingerprint density at radius 1 is 0.897 bits per heavy atom. The zero-order valence-electron chi connectivity index (χ0n) is 15.3. The zero-order valence-corrected chi connectivity index (χ0v) is 16.8. The lowest BCUT2D eigenvalue weighted by molar-refractivity contribution is -0.133. The molecule has 29 heavy (non-hydrogen) atoms. The van der Waals surface area contributed by atoms with Crippen molar-refractivity contribution in [3.8, 4) is 5.75 Å². The molecule has 1 heterocycles. The van der Waals surface area contributed by atoms with Crippen molar-refractivity contribution in [3.63, 3.8) is 0 Å². The van der Waals surface area contributed by atoms with Gasteiger partial charge >= 0.3 is 0 Å². The van der Waals surface area contributed by atoms with E-state index in [-0.39, 0.29) is 40.5 Å². The normalized spacial score (nSPS) is 14.1. The van der Waals surface area contributed by atoms with Crippen LogP contribution in [-0.4, -0.2) is 54.4 Å². The number of nitrogens with zero attached hydrogens (tertiary/aromatic N) is 2. The van der Waals surface area contributed by atoms with Gasteiger partial charge in [0.1, 0.15) is 17.4 Å². The van der Waals surface area contributed by atoms with Gasteiger partial charge in [-0.3, -0.25) is 9.59 Å². The molecule has 2 amide bonds. The van der Waals surface area contributed by atoms with Crippen molar-refractivity contribution < 1.29 is 23.1 Å². The molecule has 0 N–H and O–H groups in total. The number of carbonyl (C=O) groups excluding carboxylic acids is 2. The molecule has 0 bridgehead atoms. The fourth-order valence-electron chi connectivity index (χ4n) is 2.99. The quantitative estimate of drug-likeness (QED) is 0.702. The van der Waals surface area contributed by atoms with E-state index in [0.29, 0.717) is 31.9 Å². The van der Waals surface area contributed by atoms with Crippen LogP contribution in [0.2, 0.25) is 10.0 Å². The second-order valence-corrected chi connectivity index (χ2v) is 7.28. The van der Waals surface area contributed by atoms with Crippen molar-refractivity contribution in [1.82, 2.24) is 9.80 Å². The summed E-state index contributed by atoms with van der Waals surface area (Å²) < 4.78 is 31.6. The number of piperazine rings is 1. The number of amides is 2. The molecule has 0 spiro atoms. The molecule has 3 rings (SSSR count). The summed E-state index contributed by atoms with van der Waals surface area (Å²) in [5.74, 6) is -1.07. The van der Waals surface area contributed by atoms with Gasteiger partial charge < -0.3 is 14.5 Å². The van der Waals surface area contributed by atoms with Crippen molar-refractivity contribution in [1.29, 1.82) is 0 Å². The Morgan fingerprint density at radius 2 is 1.48 bits per heavy atom. The molecular weight excluding hydrogens is 425 g/mol. The van der Waals surface area contributed by atoms with Crippen LogP contribution in [0.1, 0.15) is 16.8 Å². The van der Waals surface area contributed by atoms with E-state index in [2.05, 4.69) is 0 Å². The molecule has 1 saturated heterocycles. The summed E-state index contributed by atoms with van der Waals surface area (Å²) in [7, 11) is 0. The molecule has 0 atom stereocenters. The molecule has 0 aliphatic carbocycles. The maximum Gasteiger partial charge on any atom is 0.255 e. The van der Waals surface area contributed by atoms with E-state index in [1.807, 2.05) is 0 Å². The zero-order chi connectivity index (χ0) is 21.0. The maximum absolute atomic E-state index is 13.2. The highest BCUT2D eigenvalue weighted by molar-refractivity contribution is 6.33. The number of hydrogen-bond acceptors (Lipinski definition) is 3. The van der Waals surface area contributed by atoms with Gasteiger partial charge in [0.15, 0.2) is 0 Å². The Labute approximate surface area is 176 Å². The minimum absolute atomic E-state index is 0.0603. The van der Waals surface area contributed by atoms with E-state index in [1.165, 1.54) is 24.3 Å². The first-order chi connectivity index (χ1) is 13.8. The second kappa shape index (κ2) is 9.41. The molecule has 0 radical (unpaired) electrons. The van der Waals surface area contributed by atoms with E-state index < -0.39 is 11.6 Å². The third-order valence-corrected chi connectivity index (χ3v) is 5.16. The first-order valence-electron chi connectivity index (χ1n) is 8.95. The third-order valence-electron chi connectivity index (χ3n) is 4.55. The van der Waals surface area contributed by atoms with Crippen LogP contribution in [0.4, 0.5) is 8.78 Å². The molecule has 154 valence electrons. The van der Waals surface area contributed by atoms with E-state index in [1.54, 1.807) is 9.80 Å². The van der Waals surface area contributed by atoms with Crippen LogP contribution in [0, 0.1) is 11.6 Å². The molecule has 1 fully saturated rings. The fourth-order valence-corrected chi connectivity index (χ4v) is 3.46. The molecule has 9 heteroatoms. The number of halogens is 4. The summed E-state index contributed by atoms with van der Waals surface area (Å²) in [6, 6.07) is 7.42. The number of rotatable bonds is 5. The highest BCUT2D eigenvalue weighted by Crippen LogP contribution is 2.25. The summed E-state index contributed by atoms with van der Waals surface area (Å²) >= 11 is 11.8. The first-order valence-corrected chi connectivity index (χ1v) is 9.70. The third kappa shape index (κ3) is 5.36. The highest BCUT2D eigenvalue weighted by Gasteiger charge is 2.26. The minimum Gasteiger partial charge on any atom is -0.491 e. The summed E-state index contributed by atoms with van der Waals surface area (Å²) in [5, 5.41) is 0.203.